The van der Waals surface area contributed by atoms with Crippen molar-refractivity contribution in [2.24, 2.45) is 0 Å². The predicted molar refractivity (Wildman–Crippen MR) is 257 cm³/mol. The molecule has 0 aliphatic rings. The second-order valence-corrected chi connectivity index (χ2v) is 15.7. The van der Waals surface area contributed by atoms with E-state index in [9.17, 15) is 0 Å². The third-order valence-corrected chi connectivity index (χ3v) is 12.5. The lowest BCUT2D eigenvalue weighted by molar-refractivity contribution is 0.416. The molecule has 4 heteroatoms. The van der Waals surface area contributed by atoms with Gasteiger partial charge in [-0.1, -0.05) is 116 Å². The lowest BCUT2D eigenvalue weighted by Crippen LogP contribution is -1.96. The first-order valence-corrected chi connectivity index (χ1v) is 20.7. The maximum absolute atomic E-state index is 5.91. The molecule has 0 radical (unpaired) electrons. The van der Waals surface area contributed by atoms with Crippen LogP contribution in [0.3, 0.4) is 0 Å². The van der Waals surface area contributed by atoms with Crippen molar-refractivity contribution in [3.8, 4) is 45.1 Å². The average molecular weight is 782 g/mol. The van der Waals surface area contributed by atoms with E-state index in [4.69, 9.17) is 4.74 Å². The van der Waals surface area contributed by atoms with Crippen molar-refractivity contribution in [2.45, 2.75) is 0 Å². The number of nitrogens with zero attached hydrogens (tertiary/aromatic N) is 3. The smallest absolute Gasteiger partial charge is 0.126 e. The van der Waals surface area contributed by atoms with Crippen LogP contribution in [0.5, 0.6) is 5.75 Å². The molecule has 0 saturated heterocycles. The Morgan fingerprint density at radius 3 is 1.41 bits per heavy atom. The molecule has 0 spiro atoms. The average Bonchev–Trinajstić information content (AvgIpc) is 3.96. The van der Waals surface area contributed by atoms with Crippen LogP contribution < -0.4 is 4.74 Å². The molecule has 0 unspecified atom stereocenters. The fourth-order valence-electron chi connectivity index (χ4n) is 9.77. The van der Waals surface area contributed by atoms with Crippen LogP contribution >= 0.6 is 0 Å². The van der Waals surface area contributed by atoms with Crippen LogP contribution in [0.4, 0.5) is 0 Å². The molecular weight excluding hydrogens is 743 g/mol. The molecular formula is C57H39N3O. The first-order valence-electron chi connectivity index (χ1n) is 20.7. The number of fused-ring (bicyclic) bond motifs is 9. The van der Waals surface area contributed by atoms with Crippen LogP contribution in [0, 0.1) is 0 Å². The summed E-state index contributed by atoms with van der Waals surface area (Å²) in [5.41, 5.74) is 15.9. The Balaban J connectivity index is 1.11. The van der Waals surface area contributed by atoms with E-state index in [1.165, 1.54) is 54.6 Å². The Kier molecular flexibility index (Phi) is 7.87. The SMILES string of the molecule is C=Cc1cc2c(cc1-c1ccccc1OC)c1cc(-c3ccc4c(c3)c3ccccc3n4-c3ccccc3)ccc1n2-c1ccc2c(c1)c1ccccc1n2-c1ccccc1. The van der Waals surface area contributed by atoms with Gasteiger partial charge in [-0.25, -0.2) is 0 Å². The van der Waals surface area contributed by atoms with Gasteiger partial charge in [-0.15, -0.1) is 0 Å². The van der Waals surface area contributed by atoms with E-state index < -0.39 is 0 Å². The number of methoxy groups -OCH3 is 1. The van der Waals surface area contributed by atoms with Crippen LogP contribution in [-0.2, 0) is 0 Å². The van der Waals surface area contributed by atoms with E-state index in [-0.39, 0.29) is 0 Å². The molecule has 0 amide bonds. The largest absolute Gasteiger partial charge is 0.496 e. The monoisotopic (exact) mass is 781 g/mol. The first kappa shape index (κ1) is 34.9. The molecule has 61 heavy (non-hydrogen) atoms. The van der Waals surface area contributed by atoms with Crippen molar-refractivity contribution in [3.63, 3.8) is 0 Å². The van der Waals surface area contributed by atoms with E-state index >= 15 is 0 Å². The molecule has 3 aromatic heterocycles. The number of rotatable bonds is 7. The molecule has 0 N–H and O–H groups in total. The van der Waals surface area contributed by atoms with E-state index in [0.29, 0.717) is 0 Å². The maximum Gasteiger partial charge on any atom is 0.126 e. The maximum atomic E-state index is 5.91. The van der Waals surface area contributed by atoms with Gasteiger partial charge < -0.3 is 18.4 Å². The summed E-state index contributed by atoms with van der Waals surface area (Å²) in [6, 6.07) is 72.4. The lowest BCUT2D eigenvalue weighted by atomic mass is 9.95. The van der Waals surface area contributed by atoms with Crippen molar-refractivity contribution in [1.82, 2.24) is 13.7 Å². The topological polar surface area (TPSA) is 24.0 Å². The minimum absolute atomic E-state index is 0.831. The van der Waals surface area contributed by atoms with E-state index in [1.54, 1.807) is 7.11 Å². The number of benzene rings is 9. The van der Waals surface area contributed by atoms with Gasteiger partial charge in [-0.3, -0.25) is 0 Å². The molecule has 288 valence electrons. The second-order valence-electron chi connectivity index (χ2n) is 15.7. The normalized spacial score (nSPS) is 11.8. The number of hydrogen-bond acceptors (Lipinski definition) is 1. The molecule has 12 rings (SSSR count). The Bertz CT molecular complexity index is 3700. The van der Waals surface area contributed by atoms with Gasteiger partial charge in [0, 0.05) is 54.9 Å². The highest BCUT2D eigenvalue weighted by atomic mass is 16.5. The minimum Gasteiger partial charge on any atom is -0.496 e. The summed E-state index contributed by atoms with van der Waals surface area (Å²) < 4.78 is 13.1. The molecule has 0 saturated carbocycles. The summed E-state index contributed by atoms with van der Waals surface area (Å²) >= 11 is 0. The molecule has 0 bridgehead atoms. The molecule has 3 heterocycles. The van der Waals surface area contributed by atoms with Crippen molar-refractivity contribution >= 4 is 71.5 Å². The summed E-state index contributed by atoms with van der Waals surface area (Å²) in [7, 11) is 1.74. The van der Waals surface area contributed by atoms with Crippen LogP contribution in [0.15, 0.2) is 207 Å². The Labute approximate surface area is 353 Å². The first-order chi connectivity index (χ1) is 30.2. The number of hydrogen-bond donors (Lipinski definition) is 0. The fourth-order valence-corrected chi connectivity index (χ4v) is 9.77. The van der Waals surface area contributed by atoms with Gasteiger partial charge in [0.1, 0.15) is 5.75 Å². The molecule has 0 atom stereocenters. The van der Waals surface area contributed by atoms with Crippen LogP contribution in [0.25, 0.3) is 111 Å². The molecule has 0 aliphatic heterocycles. The van der Waals surface area contributed by atoms with Crippen LogP contribution in [0.2, 0.25) is 0 Å². The third kappa shape index (κ3) is 5.32. The number of para-hydroxylation sites is 5. The number of aromatic nitrogens is 3. The van der Waals surface area contributed by atoms with Crippen molar-refractivity contribution in [3.05, 3.63) is 212 Å². The van der Waals surface area contributed by atoms with Gasteiger partial charge in [0.05, 0.1) is 40.2 Å². The van der Waals surface area contributed by atoms with Gasteiger partial charge in [-0.05, 0) is 119 Å². The zero-order valence-electron chi connectivity index (χ0n) is 33.6. The highest BCUT2D eigenvalue weighted by Gasteiger charge is 2.21. The van der Waals surface area contributed by atoms with Gasteiger partial charge in [0.2, 0.25) is 0 Å². The van der Waals surface area contributed by atoms with Gasteiger partial charge >= 0.3 is 0 Å². The highest BCUT2D eigenvalue weighted by molar-refractivity contribution is 6.15. The van der Waals surface area contributed by atoms with Crippen molar-refractivity contribution < 1.29 is 4.74 Å². The molecule has 9 aromatic carbocycles. The molecule has 0 fully saturated rings. The summed E-state index contributed by atoms with van der Waals surface area (Å²) in [6.07, 6.45) is 1.96. The summed E-state index contributed by atoms with van der Waals surface area (Å²) in [6.45, 7) is 4.31. The highest BCUT2D eigenvalue weighted by Crippen LogP contribution is 2.43. The van der Waals surface area contributed by atoms with E-state index in [1.807, 2.05) is 18.2 Å². The van der Waals surface area contributed by atoms with Gasteiger partial charge in [0.15, 0.2) is 0 Å². The zero-order valence-corrected chi connectivity index (χ0v) is 33.6. The molecule has 4 nitrogen and oxygen atoms in total. The van der Waals surface area contributed by atoms with Crippen molar-refractivity contribution in [1.29, 1.82) is 0 Å². The lowest BCUT2D eigenvalue weighted by Gasteiger charge is -2.13. The molecule has 12 aromatic rings. The predicted octanol–water partition coefficient (Wildman–Crippen LogP) is 15.0. The van der Waals surface area contributed by atoms with Crippen molar-refractivity contribution in [2.75, 3.05) is 7.11 Å². The standard InChI is InChI=1S/C57H39N3O/c1-3-37-34-56-50(36-46(37)45-22-12-15-25-57(45)61-2)48-33-39(38-26-29-53-47(32-38)43-20-10-13-23-51(43)58(53)40-16-6-4-7-17-40)27-30-54(48)60(56)42-28-31-55-49(35-42)44-21-11-14-24-52(44)59(55)41-18-8-5-9-19-41/h3-36H,1H2,2H3. The Morgan fingerprint density at radius 2 is 0.820 bits per heavy atom. The Hall–Kier alpha value is -8.08. The van der Waals surface area contributed by atoms with Crippen LogP contribution in [-0.4, -0.2) is 20.8 Å². The van der Waals surface area contributed by atoms with Crippen LogP contribution in [0.1, 0.15) is 5.56 Å². The summed E-state index contributed by atoms with van der Waals surface area (Å²) in [5.74, 6) is 0.831. The second kappa shape index (κ2) is 13.8. The number of ether oxygens (including phenoxy) is 1. The zero-order chi connectivity index (χ0) is 40.6. The summed E-state index contributed by atoms with van der Waals surface area (Å²) in [5, 5.41) is 7.25. The Morgan fingerprint density at radius 1 is 0.361 bits per heavy atom. The fraction of sp³-hybridized carbons (Fsp3) is 0.0175. The third-order valence-electron chi connectivity index (χ3n) is 12.5. The van der Waals surface area contributed by atoms with E-state index in [2.05, 4.69) is 208 Å². The van der Waals surface area contributed by atoms with E-state index in [0.717, 1.165) is 61.5 Å². The molecule has 0 aliphatic carbocycles. The summed E-state index contributed by atoms with van der Waals surface area (Å²) in [4.78, 5) is 0. The minimum atomic E-state index is 0.831. The van der Waals surface area contributed by atoms with Gasteiger partial charge in [-0.2, -0.15) is 0 Å². The van der Waals surface area contributed by atoms with Gasteiger partial charge in [0.25, 0.3) is 0 Å². The quantitative estimate of drug-likeness (QED) is 0.158.